The Bertz CT molecular complexity index is 913. The number of ketones is 1. The molecular formula is C20H21N3OS. The van der Waals surface area contributed by atoms with Crippen molar-refractivity contribution in [2.75, 3.05) is 11.1 Å². The van der Waals surface area contributed by atoms with E-state index in [1.165, 1.54) is 22.5 Å². The van der Waals surface area contributed by atoms with Crippen LogP contribution in [-0.4, -0.2) is 10.8 Å². The summed E-state index contributed by atoms with van der Waals surface area (Å²) in [6.07, 6.45) is 0.946. The van der Waals surface area contributed by atoms with E-state index in [0.717, 1.165) is 17.7 Å². The van der Waals surface area contributed by atoms with Gasteiger partial charge in [-0.1, -0.05) is 60.2 Å². The second-order valence-corrected chi connectivity index (χ2v) is 7.06. The number of carbonyl (C=O) groups is 1. The summed E-state index contributed by atoms with van der Waals surface area (Å²) >= 11 is 1.28. The number of thiazole rings is 1. The van der Waals surface area contributed by atoms with Gasteiger partial charge in [0, 0.05) is 11.3 Å². The molecule has 2 aromatic carbocycles. The molecule has 0 saturated carbocycles. The van der Waals surface area contributed by atoms with Crippen molar-refractivity contribution in [1.29, 1.82) is 0 Å². The molecular weight excluding hydrogens is 330 g/mol. The Morgan fingerprint density at radius 1 is 1.16 bits per heavy atom. The zero-order valence-corrected chi connectivity index (χ0v) is 15.4. The van der Waals surface area contributed by atoms with Gasteiger partial charge in [0.2, 0.25) is 5.78 Å². The van der Waals surface area contributed by atoms with Crippen LogP contribution in [0.3, 0.4) is 0 Å². The summed E-state index contributed by atoms with van der Waals surface area (Å²) in [6.45, 7) is 6.18. The highest BCUT2D eigenvalue weighted by Gasteiger charge is 2.18. The molecule has 0 aliphatic carbocycles. The number of nitrogen functional groups attached to an aromatic ring is 1. The number of nitrogens with two attached hydrogens (primary N) is 1. The highest BCUT2D eigenvalue weighted by Crippen LogP contribution is 2.30. The molecule has 1 aromatic heterocycles. The predicted octanol–water partition coefficient (Wildman–Crippen LogP) is 4.88. The highest BCUT2D eigenvalue weighted by molar-refractivity contribution is 7.18. The molecule has 0 radical (unpaired) electrons. The van der Waals surface area contributed by atoms with Crippen molar-refractivity contribution in [3.8, 4) is 0 Å². The lowest BCUT2D eigenvalue weighted by molar-refractivity contribution is 0.104. The monoisotopic (exact) mass is 351 g/mol. The van der Waals surface area contributed by atoms with Crippen LogP contribution in [0.5, 0.6) is 0 Å². The molecule has 0 unspecified atom stereocenters. The average Bonchev–Trinajstić information content (AvgIpc) is 2.97. The van der Waals surface area contributed by atoms with Gasteiger partial charge in [0.15, 0.2) is 5.13 Å². The van der Waals surface area contributed by atoms with Crippen LogP contribution >= 0.6 is 11.3 Å². The van der Waals surface area contributed by atoms with E-state index >= 15 is 0 Å². The van der Waals surface area contributed by atoms with Crippen LogP contribution in [0.1, 0.15) is 38.8 Å². The van der Waals surface area contributed by atoms with Crippen LogP contribution in [0.2, 0.25) is 0 Å². The number of aryl methyl sites for hydroxylation is 3. The number of nitrogens with one attached hydrogen (secondary N) is 1. The summed E-state index contributed by atoms with van der Waals surface area (Å²) in [7, 11) is 0. The second kappa shape index (κ2) is 7.07. The number of rotatable bonds is 5. The normalized spacial score (nSPS) is 10.7. The molecule has 3 N–H and O–H groups in total. The van der Waals surface area contributed by atoms with Gasteiger partial charge in [-0.25, -0.2) is 4.98 Å². The summed E-state index contributed by atoms with van der Waals surface area (Å²) in [5.74, 6) is 0.174. The van der Waals surface area contributed by atoms with E-state index in [-0.39, 0.29) is 11.6 Å². The Morgan fingerprint density at radius 3 is 2.52 bits per heavy atom. The SMILES string of the molecule is CCc1ccc(C(=O)c2sc(Nc3ccc(C)cc3C)nc2N)cc1. The van der Waals surface area contributed by atoms with Crippen LogP contribution in [0.4, 0.5) is 16.6 Å². The standard InChI is InChI=1S/C20H21N3OS/c1-4-14-6-8-15(9-7-14)17(24)18-19(21)23-20(25-18)22-16-10-5-12(2)11-13(16)3/h5-11H,4,21H2,1-3H3,(H,22,23). The molecule has 0 atom stereocenters. The first kappa shape index (κ1) is 17.2. The maximum atomic E-state index is 12.7. The third-order valence-corrected chi connectivity index (χ3v) is 5.09. The predicted molar refractivity (Wildman–Crippen MR) is 105 cm³/mol. The number of benzene rings is 2. The first-order valence-corrected chi connectivity index (χ1v) is 9.03. The minimum Gasteiger partial charge on any atom is -0.382 e. The Hall–Kier alpha value is -2.66. The van der Waals surface area contributed by atoms with E-state index in [1.54, 1.807) is 0 Å². The van der Waals surface area contributed by atoms with Gasteiger partial charge in [0.05, 0.1) is 0 Å². The summed E-state index contributed by atoms with van der Waals surface area (Å²) in [6, 6.07) is 13.8. The molecule has 0 aliphatic rings. The lowest BCUT2D eigenvalue weighted by Gasteiger charge is -2.07. The molecule has 0 saturated heterocycles. The molecule has 25 heavy (non-hydrogen) atoms. The van der Waals surface area contributed by atoms with Gasteiger partial charge < -0.3 is 11.1 Å². The Kier molecular flexibility index (Phi) is 4.86. The molecule has 4 nitrogen and oxygen atoms in total. The average molecular weight is 351 g/mol. The Morgan fingerprint density at radius 2 is 1.88 bits per heavy atom. The fourth-order valence-electron chi connectivity index (χ4n) is 2.64. The minimum absolute atomic E-state index is 0.0914. The number of hydrogen-bond acceptors (Lipinski definition) is 5. The topological polar surface area (TPSA) is 68.0 Å². The first-order valence-electron chi connectivity index (χ1n) is 8.22. The quantitative estimate of drug-likeness (QED) is 0.643. The summed E-state index contributed by atoms with van der Waals surface area (Å²) < 4.78 is 0. The molecule has 0 amide bonds. The molecule has 0 aliphatic heterocycles. The summed E-state index contributed by atoms with van der Waals surface area (Å²) in [5.41, 5.74) is 11.1. The third-order valence-electron chi connectivity index (χ3n) is 4.11. The summed E-state index contributed by atoms with van der Waals surface area (Å²) in [5, 5.41) is 3.88. The van der Waals surface area contributed by atoms with Crippen LogP contribution in [0.15, 0.2) is 42.5 Å². The van der Waals surface area contributed by atoms with Crippen molar-refractivity contribution in [2.24, 2.45) is 0 Å². The Labute approximate surface area is 151 Å². The number of carbonyl (C=O) groups excluding carboxylic acids is 1. The molecule has 1 heterocycles. The van der Waals surface area contributed by atoms with E-state index in [4.69, 9.17) is 5.73 Å². The molecule has 128 valence electrons. The number of anilines is 3. The molecule has 3 aromatic rings. The number of aromatic nitrogens is 1. The Balaban J connectivity index is 1.85. The lowest BCUT2D eigenvalue weighted by atomic mass is 10.1. The molecule has 0 fully saturated rings. The third kappa shape index (κ3) is 3.72. The molecule has 0 bridgehead atoms. The second-order valence-electron chi connectivity index (χ2n) is 6.06. The lowest BCUT2D eigenvalue weighted by Crippen LogP contribution is -2.02. The van der Waals surface area contributed by atoms with Gasteiger partial charge in [-0.15, -0.1) is 0 Å². The maximum absolute atomic E-state index is 12.7. The number of hydrogen-bond donors (Lipinski definition) is 2. The van der Waals surface area contributed by atoms with Crippen LogP contribution in [0, 0.1) is 13.8 Å². The van der Waals surface area contributed by atoms with E-state index in [2.05, 4.69) is 30.2 Å². The van der Waals surface area contributed by atoms with Crippen molar-refractivity contribution in [3.63, 3.8) is 0 Å². The highest BCUT2D eigenvalue weighted by atomic mass is 32.1. The van der Waals surface area contributed by atoms with Crippen molar-refractivity contribution >= 4 is 33.8 Å². The van der Waals surface area contributed by atoms with Gasteiger partial charge in [-0.05, 0) is 37.5 Å². The van der Waals surface area contributed by atoms with Gasteiger partial charge in [-0.2, -0.15) is 0 Å². The van der Waals surface area contributed by atoms with E-state index in [9.17, 15) is 4.79 Å². The van der Waals surface area contributed by atoms with Gasteiger partial charge in [0.25, 0.3) is 0 Å². The van der Waals surface area contributed by atoms with Crippen molar-refractivity contribution in [1.82, 2.24) is 4.98 Å². The zero-order chi connectivity index (χ0) is 18.0. The van der Waals surface area contributed by atoms with E-state index in [0.29, 0.717) is 15.6 Å². The molecule has 3 rings (SSSR count). The van der Waals surface area contributed by atoms with Crippen LogP contribution in [-0.2, 0) is 6.42 Å². The fourth-order valence-corrected chi connectivity index (χ4v) is 3.50. The van der Waals surface area contributed by atoms with Crippen molar-refractivity contribution < 1.29 is 4.79 Å². The van der Waals surface area contributed by atoms with E-state index < -0.39 is 0 Å². The van der Waals surface area contributed by atoms with Gasteiger partial charge in [-0.3, -0.25) is 4.79 Å². The van der Waals surface area contributed by atoms with E-state index in [1.807, 2.05) is 43.3 Å². The minimum atomic E-state index is -0.0914. The summed E-state index contributed by atoms with van der Waals surface area (Å²) in [4.78, 5) is 17.5. The van der Waals surface area contributed by atoms with Crippen molar-refractivity contribution in [3.05, 3.63) is 69.6 Å². The number of nitrogens with zero attached hydrogens (tertiary/aromatic N) is 1. The zero-order valence-electron chi connectivity index (χ0n) is 14.6. The molecule has 5 heteroatoms. The largest absolute Gasteiger partial charge is 0.382 e. The molecule has 0 spiro atoms. The van der Waals surface area contributed by atoms with Gasteiger partial charge >= 0.3 is 0 Å². The van der Waals surface area contributed by atoms with Crippen LogP contribution < -0.4 is 11.1 Å². The fraction of sp³-hybridized carbons (Fsp3) is 0.200. The first-order chi connectivity index (χ1) is 12.0. The van der Waals surface area contributed by atoms with Crippen LogP contribution in [0.25, 0.3) is 0 Å². The smallest absolute Gasteiger partial charge is 0.206 e. The van der Waals surface area contributed by atoms with Crippen molar-refractivity contribution in [2.45, 2.75) is 27.2 Å². The van der Waals surface area contributed by atoms with Gasteiger partial charge in [0.1, 0.15) is 10.7 Å². The maximum Gasteiger partial charge on any atom is 0.206 e.